The summed E-state index contributed by atoms with van der Waals surface area (Å²) < 4.78 is 40.7. The molecule has 3 rings (SSSR count). The summed E-state index contributed by atoms with van der Waals surface area (Å²) >= 11 is 2.78. The summed E-state index contributed by atoms with van der Waals surface area (Å²) in [5.41, 5.74) is 6.56. The first-order valence-corrected chi connectivity index (χ1v) is 14.5. The first kappa shape index (κ1) is 30.8. The molecule has 2 heterocycles. The summed E-state index contributed by atoms with van der Waals surface area (Å²) in [5.74, 6) is -1.10. The summed E-state index contributed by atoms with van der Waals surface area (Å²) in [7, 11) is -4.27. The Bertz CT molecular complexity index is 1440. The molecule has 21 heteroatoms. The molecule has 0 aliphatic carbocycles. The van der Waals surface area contributed by atoms with Gasteiger partial charge >= 0.3 is 0 Å². The second-order valence-electron chi connectivity index (χ2n) is 7.18. The third kappa shape index (κ3) is 9.18. The molecule has 0 unspecified atom stereocenters. The van der Waals surface area contributed by atoms with E-state index < -0.39 is 21.8 Å². The van der Waals surface area contributed by atoms with Crippen LogP contribution in [0.15, 0.2) is 33.3 Å². The Morgan fingerprint density at radius 1 is 1.13 bits per heavy atom. The quantitative estimate of drug-likeness (QED) is 0.0332. The molecule has 212 valence electrons. The predicted octanol–water partition coefficient (Wildman–Crippen LogP) is 3.72. The van der Waals surface area contributed by atoms with Gasteiger partial charge in [-0.15, -0.1) is 18.9 Å². The number of azo groups is 1. The molecule has 0 saturated carbocycles. The largest absolute Gasteiger partial charge is 0.368 e. The number of fused-ring (bicyclic) bond motifs is 1. The minimum Gasteiger partial charge on any atom is -0.368 e. The van der Waals surface area contributed by atoms with Crippen molar-refractivity contribution in [3.05, 3.63) is 29.3 Å². The van der Waals surface area contributed by atoms with Gasteiger partial charge in [0.15, 0.2) is 5.82 Å². The number of benzene rings is 1. The molecule has 3 aromatic rings. The minimum absolute atomic E-state index is 0.0354. The highest BCUT2D eigenvalue weighted by molar-refractivity contribution is 7.94. The lowest BCUT2D eigenvalue weighted by atomic mass is 10.1. The molecule has 0 saturated heterocycles. The van der Waals surface area contributed by atoms with E-state index in [1.54, 1.807) is 25.1 Å². The van der Waals surface area contributed by atoms with E-state index >= 15 is 0 Å². The van der Waals surface area contributed by atoms with Crippen LogP contribution in [0.2, 0.25) is 0 Å². The van der Waals surface area contributed by atoms with Crippen LogP contribution in [0.4, 0.5) is 22.5 Å². The Balaban J connectivity index is 1.96. The molecule has 17 nitrogen and oxygen atoms in total. The van der Waals surface area contributed by atoms with E-state index in [9.17, 15) is 13.2 Å². The van der Waals surface area contributed by atoms with Crippen LogP contribution in [0.5, 0.6) is 0 Å². The Kier molecular flexibility index (Phi) is 11.6. The fraction of sp³-hybridized carbons (Fsp3) is 0.278. The maximum Gasteiger partial charge on any atom is 0.266 e. The van der Waals surface area contributed by atoms with E-state index in [4.69, 9.17) is 20.8 Å². The van der Waals surface area contributed by atoms with Gasteiger partial charge in [0.2, 0.25) is 5.13 Å². The van der Waals surface area contributed by atoms with Crippen LogP contribution >= 0.6 is 35.4 Å². The Morgan fingerprint density at radius 2 is 1.87 bits per heavy atom. The zero-order valence-corrected chi connectivity index (χ0v) is 23.0. The zero-order valence-electron chi connectivity index (χ0n) is 19.8. The average Bonchev–Trinajstić information content (AvgIpc) is 3.28. The number of nitrogens with zero attached hydrogens (tertiary/aromatic N) is 4. The van der Waals surface area contributed by atoms with Gasteiger partial charge in [-0.1, -0.05) is 21.4 Å². The molecule has 1 amide bonds. The van der Waals surface area contributed by atoms with Gasteiger partial charge in [-0.05, 0) is 30.7 Å². The normalized spacial score (nSPS) is 11.9. The van der Waals surface area contributed by atoms with Crippen LogP contribution in [-0.2, 0) is 28.9 Å². The van der Waals surface area contributed by atoms with Crippen molar-refractivity contribution in [3.8, 4) is 0 Å². The van der Waals surface area contributed by atoms with E-state index in [0.717, 1.165) is 28.8 Å². The maximum absolute atomic E-state index is 12.3. The number of amides is 1. The lowest BCUT2D eigenvalue weighted by Gasteiger charge is -2.16. The fourth-order valence-electron chi connectivity index (χ4n) is 3.07. The molecular weight excluding hydrogens is 603 g/mol. The number of pyridine rings is 1. The number of nitrogens with one attached hydrogen (secondary N) is 2. The van der Waals surface area contributed by atoms with Gasteiger partial charge in [0.25, 0.3) is 16.0 Å². The van der Waals surface area contributed by atoms with Crippen LogP contribution in [-0.4, -0.2) is 64.0 Å². The fourth-order valence-corrected chi connectivity index (χ4v) is 5.03. The lowest BCUT2D eigenvalue weighted by Crippen LogP contribution is -2.21. The number of hydrogen-bond donors (Lipinski definition) is 6. The smallest absolute Gasteiger partial charge is 0.266 e. The molecule has 2 aromatic heterocycles. The van der Waals surface area contributed by atoms with Crippen LogP contribution in [0.25, 0.3) is 10.2 Å². The Labute approximate surface area is 233 Å². The summed E-state index contributed by atoms with van der Waals surface area (Å²) in [6.45, 7) is 1.52. The second kappa shape index (κ2) is 14.6. The van der Waals surface area contributed by atoms with E-state index in [0.29, 0.717) is 10.4 Å². The number of rotatable bonds is 16. The summed E-state index contributed by atoms with van der Waals surface area (Å²) in [6.07, 6.45) is 0. The van der Waals surface area contributed by atoms with Gasteiger partial charge in [0, 0.05) is 35.8 Å². The number of hydrogen-bond acceptors (Lipinski definition) is 18. The third-order valence-corrected chi connectivity index (χ3v) is 7.34. The van der Waals surface area contributed by atoms with Crippen molar-refractivity contribution < 1.29 is 47.0 Å². The predicted molar refractivity (Wildman–Crippen MR) is 143 cm³/mol. The average molecular weight is 624 g/mol. The standard InChI is InChI=1S/C18H21N7O10S4/c1-9-13(15(19)26)16(21-5-7-39(29,30)31)23-17(20-4-6-36-34-32-27)14(9)24-25-18-22-11-3-2-10(38-35-33-28)8-12(11)37-18/h2-3,8,27-28H,4-7H2,1H3,(H2,19,26)(H2,20,21,23)(H,29,30,31). The molecule has 0 bridgehead atoms. The van der Waals surface area contributed by atoms with E-state index in [-0.39, 0.29) is 52.4 Å². The summed E-state index contributed by atoms with van der Waals surface area (Å²) in [4.78, 5) is 21.6. The molecule has 7 N–H and O–H groups in total. The first-order valence-electron chi connectivity index (χ1n) is 10.5. The molecule has 0 aliphatic heterocycles. The second-order valence-corrected chi connectivity index (χ2v) is 11.3. The number of carbonyl (C=O) groups is 1. The summed E-state index contributed by atoms with van der Waals surface area (Å²) in [5, 5.41) is 38.1. The molecule has 0 aliphatic rings. The van der Waals surface area contributed by atoms with Crippen LogP contribution < -0.4 is 16.4 Å². The monoisotopic (exact) mass is 623 g/mol. The highest BCUT2D eigenvalue weighted by atomic mass is 32.2. The molecule has 0 radical (unpaired) electrons. The highest BCUT2D eigenvalue weighted by Crippen LogP contribution is 2.37. The summed E-state index contributed by atoms with van der Waals surface area (Å²) in [6, 6.07) is 5.14. The van der Waals surface area contributed by atoms with Gasteiger partial charge < -0.3 is 16.4 Å². The van der Waals surface area contributed by atoms with Gasteiger partial charge in [0.05, 0.1) is 33.6 Å². The molecule has 39 heavy (non-hydrogen) atoms. The van der Waals surface area contributed by atoms with Gasteiger partial charge in [-0.3, -0.25) is 9.35 Å². The lowest BCUT2D eigenvalue weighted by molar-refractivity contribution is -0.432. The zero-order chi connectivity index (χ0) is 28.4. The van der Waals surface area contributed by atoms with Gasteiger partial charge in [-0.25, -0.2) is 20.5 Å². The number of carbonyl (C=O) groups excluding carboxylic acids is 1. The topological polar surface area (TPSA) is 249 Å². The molecule has 0 spiro atoms. The molecule has 0 atom stereocenters. The van der Waals surface area contributed by atoms with Crippen LogP contribution in [0.1, 0.15) is 15.9 Å². The van der Waals surface area contributed by atoms with Gasteiger partial charge in [0.1, 0.15) is 11.5 Å². The van der Waals surface area contributed by atoms with Crippen molar-refractivity contribution in [2.24, 2.45) is 16.0 Å². The molecular formula is C18H21N7O10S4. The highest BCUT2D eigenvalue weighted by Gasteiger charge is 2.21. The van der Waals surface area contributed by atoms with E-state index in [1.165, 1.54) is 11.3 Å². The van der Waals surface area contributed by atoms with Gasteiger partial charge in [-0.2, -0.15) is 8.42 Å². The first-order chi connectivity index (χ1) is 18.6. The number of nitrogens with two attached hydrogens (primary N) is 1. The number of aromatic nitrogens is 2. The number of thiazole rings is 1. The van der Waals surface area contributed by atoms with Crippen molar-refractivity contribution >= 4 is 84.1 Å². The van der Waals surface area contributed by atoms with E-state index in [1.807, 2.05) is 0 Å². The molecule has 0 fully saturated rings. The minimum atomic E-state index is -4.27. The Morgan fingerprint density at radius 3 is 2.56 bits per heavy atom. The Hall–Kier alpha value is -2.70. The van der Waals surface area contributed by atoms with Crippen LogP contribution in [0, 0.1) is 6.92 Å². The van der Waals surface area contributed by atoms with Crippen molar-refractivity contribution in [3.63, 3.8) is 0 Å². The van der Waals surface area contributed by atoms with Crippen molar-refractivity contribution in [1.29, 1.82) is 0 Å². The third-order valence-electron chi connectivity index (χ3n) is 4.61. The maximum atomic E-state index is 12.3. The van der Waals surface area contributed by atoms with Crippen molar-refractivity contribution in [2.75, 3.05) is 35.2 Å². The number of anilines is 2. The number of primary amides is 1. The SMILES string of the molecule is Cc1c(N=Nc2nc3ccc(SOOO)cc3s2)c(NCCSOOO)nc(NCCS(=O)(=O)O)c1C(N)=O. The van der Waals surface area contributed by atoms with Crippen molar-refractivity contribution in [1.82, 2.24) is 9.97 Å². The van der Waals surface area contributed by atoms with E-state index in [2.05, 4.69) is 49.6 Å². The molecule has 1 aromatic carbocycles. The van der Waals surface area contributed by atoms with Crippen LogP contribution in [0.3, 0.4) is 0 Å². The van der Waals surface area contributed by atoms with Crippen molar-refractivity contribution in [2.45, 2.75) is 11.8 Å².